The summed E-state index contributed by atoms with van der Waals surface area (Å²) in [5, 5.41) is 2.48. The van der Waals surface area contributed by atoms with E-state index in [9.17, 15) is 30.8 Å². The lowest BCUT2D eigenvalue weighted by molar-refractivity contribution is -0.274. The molecule has 0 aliphatic heterocycles. The van der Waals surface area contributed by atoms with Gasteiger partial charge in [0.1, 0.15) is 11.6 Å². The first-order chi connectivity index (χ1) is 13.0. The molecular weight excluding hydrogens is 404 g/mol. The van der Waals surface area contributed by atoms with E-state index in [4.69, 9.17) is 0 Å². The van der Waals surface area contributed by atoms with E-state index in [-0.39, 0.29) is 11.4 Å². The molecule has 2 aromatic rings. The molecule has 0 spiro atoms. The molecule has 1 amide bonds. The SMILES string of the molecule is O=C(CNS(=O)(=O)c1ccc(OC(F)(F)F)cc1)NCCc1cccc(F)c1. The van der Waals surface area contributed by atoms with Crippen molar-refractivity contribution in [3.05, 3.63) is 59.9 Å². The smallest absolute Gasteiger partial charge is 0.406 e. The molecular formula is C17H16F4N2O4S. The fraction of sp³-hybridized carbons (Fsp3) is 0.235. The maximum Gasteiger partial charge on any atom is 0.573 e. The Morgan fingerprint density at radius 1 is 1.07 bits per heavy atom. The number of hydrogen-bond donors (Lipinski definition) is 2. The van der Waals surface area contributed by atoms with Crippen LogP contribution in [0.3, 0.4) is 0 Å². The van der Waals surface area contributed by atoms with E-state index in [1.807, 2.05) is 4.72 Å². The quantitative estimate of drug-likeness (QED) is 0.643. The molecule has 0 fully saturated rings. The van der Waals surface area contributed by atoms with Crippen molar-refractivity contribution in [1.29, 1.82) is 0 Å². The second-order valence-corrected chi connectivity index (χ2v) is 7.34. The van der Waals surface area contributed by atoms with E-state index in [1.54, 1.807) is 6.07 Å². The van der Waals surface area contributed by atoms with Crippen LogP contribution in [0.1, 0.15) is 5.56 Å². The van der Waals surface area contributed by atoms with Crippen LogP contribution in [0.2, 0.25) is 0 Å². The van der Waals surface area contributed by atoms with Crippen molar-refractivity contribution >= 4 is 15.9 Å². The number of ether oxygens (including phenoxy) is 1. The number of carbonyl (C=O) groups is 1. The van der Waals surface area contributed by atoms with E-state index in [1.165, 1.54) is 18.2 Å². The zero-order valence-electron chi connectivity index (χ0n) is 14.3. The van der Waals surface area contributed by atoms with Gasteiger partial charge in [-0.3, -0.25) is 4.79 Å². The third kappa shape index (κ3) is 7.16. The van der Waals surface area contributed by atoms with Gasteiger partial charge in [0.2, 0.25) is 15.9 Å². The summed E-state index contributed by atoms with van der Waals surface area (Å²) in [7, 11) is -4.10. The highest BCUT2D eigenvalue weighted by atomic mass is 32.2. The van der Waals surface area contributed by atoms with Crippen molar-refractivity contribution in [2.75, 3.05) is 13.1 Å². The average Bonchev–Trinajstić information content (AvgIpc) is 2.59. The van der Waals surface area contributed by atoms with E-state index < -0.39 is 40.4 Å². The van der Waals surface area contributed by atoms with Gasteiger partial charge in [-0.05, 0) is 48.4 Å². The summed E-state index contributed by atoms with van der Waals surface area (Å²) in [5.41, 5.74) is 0.669. The van der Waals surface area contributed by atoms with Gasteiger partial charge in [-0.2, -0.15) is 0 Å². The first-order valence-corrected chi connectivity index (χ1v) is 9.40. The minimum Gasteiger partial charge on any atom is -0.406 e. The Balaban J connectivity index is 1.82. The number of amides is 1. The summed E-state index contributed by atoms with van der Waals surface area (Å²) in [6, 6.07) is 9.37. The van der Waals surface area contributed by atoms with Crippen LogP contribution in [0.25, 0.3) is 0 Å². The first-order valence-electron chi connectivity index (χ1n) is 7.92. The van der Waals surface area contributed by atoms with E-state index in [2.05, 4.69) is 10.1 Å². The third-order valence-electron chi connectivity index (χ3n) is 3.42. The maximum atomic E-state index is 13.0. The van der Waals surface area contributed by atoms with Crippen LogP contribution in [0.15, 0.2) is 53.4 Å². The molecule has 0 radical (unpaired) electrons. The van der Waals surface area contributed by atoms with Gasteiger partial charge >= 0.3 is 6.36 Å². The van der Waals surface area contributed by atoms with Crippen LogP contribution in [0.5, 0.6) is 5.75 Å². The normalized spacial score (nSPS) is 11.9. The lowest BCUT2D eigenvalue weighted by atomic mass is 10.1. The number of alkyl halides is 3. The molecule has 0 unspecified atom stereocenters. The molecule has 0 aliphatic rings. The molecule has 6 nitrogen and oxygen atoms in total. The Hall–Kier alpha value is -2.66. The monoisotopic (exact) mass is 420 g/mol. The van der Waals surface area contributed by atoms with Gasteiger partial charge in [-0.25, -0.2) is 17.5 Å². The van der Waals surface area contributed by atoms with Gasteiger partial charge in [0.25, 0.3) is 0 Å². The highest BCUT2D eigenvalue weighted by Gasteiger charge is 2.31. The van der Waals surface area contributed by atoms with Crippen LogP contribution in [0, 0.1) is 5.82 Å². The van der Waals surface area contributed by atoms with Crippen molar-refractivity contribution in [2.24, 2.45) is 0 Å². The summed E-state index contributed by atoms with van der Waals surface area (Å²) in [5.74, 6) is -1.58. The van der Waals surface area contributed by atoms with Crippen molar-refractivity contribution < 1.29 is 35.5 Å². The van der Waals surface area contributed by atoms with Gasteiger partial charge in [-0.15, -0.1) is 13.2 Å². The number of rotatable bonds is 8. The predicted octanol–water partition coefficient (Wildman–Crippen LogP) is 2.36. The molecule has 0 atom stereocenters. The molecule has 2 rings (SSSR count). The minimum atomic E-state index is -4.89. The van der Waals surface area contributed by atoms with E-state index >= 15 is 0 Å². The topological polar surface area (TPSA) is 84.5 Å². The number of halogens is 4. The molecule has 0 saturated heterocycles. The number of carbonyl (C=O) groups excluding carboxylic acids is 1. The second-order valence-electron chi connectivity index (χ2n) is 5.57. The Labute approximate surface area is 158 Å². The zero-order valence-corrected chi connectivity index (χ0v) is 15.1. The summed E-state index contributed by atoms with van der Waals surface area (Å²) in [4.78, 5) is 11.4. The van der Waals surface area contributed by atoms with Gasteiger partial charge in [0.05, 0.1) is 11.4 Å². The molecule has 2 N–H and O–H groups in total. The predicted molar refractivity (Wildman–Crippen MR) is 91.4 cm³/mol. The van der Waals surface area contributed by atoms with Gasteiger partial charge in [-0.1, -0.05) is 12.1 Å². The number of sulfonamides is 1. The lowest BCUT2D eigenvalue weighted by Gasteiger charge is -2.10. The van der Waals surface area contributed by atoms with Gasteiger partial charge in [0, 0.05) is 6.54 Å². The van der Waals surface area contributed by atoms with Crippen LogP contribution in [0.4, 0.5) is 17.6 Å². The Morgan fingerprint density at radius 2 is 1.75 bits per heavy atom. The van der Waals surface area contributed by atoms with Crippen LogP contribution < -0.4 is 14.8 Å². The van der Waals surface area contributed by atoms with Crippen molar-refractivity contribution in [3.63, 3.8) is 0 Å². The van der Waals surface area contributed by atoms with Gasteiger partial charge in [0.15, 0.2) is 0 Å². The maximum absolute atomic E-state index is 13.0. The molecule has 28 heavy (non-hydrogen) atoms. The molecule has 152 valence electrons. The number of nitrogens with one attached hydrogen (secondary N) is 2. The summed E-state index contributed by atoms with van der Waals surface area (Å²) < 4.78 is 79.2. The minimum absolute atomic E-state index is 0.174. The second kappa shape index (κ2) is 9.02. The van der Waals surface area contributed by atoms with Crippen LogP contribution >= 0.6 is 0 Å². The van der Waals surface area contributed by atoms with Crippen molar-refractivity contribution in [3.8, 4) is 5.75 Å². The van der Waals surface area contributed by atoms with Crippen LogP contribution in [-0.2, 0) is 21.2 Å². The Bertz CT molecular complexity index is 915. The number of benzene rings is 2. The van der Waals surface area contributed by atoms with E-state index in [0.717, 1.165) is 24.3 Å². The molecule has 0 bridgehead atoms. The largest absolute Gasteiger partial charge is 0.573 e. The van der Waals surface area contributed by atoms with E-state index in [0.29, 0.717) is 12.0 Å². The van der Waals surface area contributed by atoms with Crippen molar-refractivity contribution in [1.82, 2.24) is 10.0 Å². The molecule has 0 saturated carbocycles. The molecule has 11 heteroatoms. The first kappa shape index (κ1) is 21.6. The molecule has 2 aromatic carbocycles. The van der Waals surface area contributed by atoms with Gasteiger partial charge < -0.3 is 10.1 Å². The third-order valence-corrected chi connectivity index (χ3v) is 4.83. The summed E-state index contributed by atoms with van der Waals surface area (Å²) >= 11 is 0. The standard InChI is InChI=1S/C17H16F4N2O4S/c18-13-3-1-2-12(10-13)8-9-22-16(24)11-23-28(25,26)15-6-4-14(5-7-15)27-17(19,20)21/h1-7,10,23H,8-9,11H2,(H,22,24). The van der Waals surface area contributed by atoms with Crippen molar-refractivity contribution in [2.45, 2.75) is 17.7 Å². The summed E-state index contributed by atoms with van der Waals surface area (Å²) in [6.07, 6.45) is -4.53. The highest BCUT2D eigenvalue weighted by Crippen LogP contribution is 2.23. The number of hydrogen-bond acceptors (Lipinski definition) is 4. The van der Waals surface area contributed by atoms with Crippen LogP contribution in [-0.4, -0.2) is 33.8 Å². The molecule has 0 aromatic heterocycles. The highest BCUT2D eigenvalue weighted by molar-refractivity contribution is 7.89. The average molecular weight is 420 g/mol. The molecule has 0 aliphatic carbocycles. The lowest BCUT2D eigenvalue weighted by Crippen LogP contribution is -2.37. The zero-order chi connectivity index (χ0) is 20.8. The summed E-state index contributed by atoms with van der Waals surface area (Å²) in [6.45, 7) is -0.389. The Kier molecular flexibility index (Phi) is 6.97. The Morgan fingerprint density at radius 3 is 2.36 bits per heavy atom. The molecule has 0 heterocycles. The fourth-order valence-corrected chi connectivity index (χ4v) is 3.15. The fourth-order valence-electron chi connectivity index (χ4n) is 2.17.